The van der Waals surface area contributed by atoms with E-state index in [0.29, 0.717) is 151 Å². The van der Waals surface area contributed by atoms with E-state index in [1.165, 1.54) is 77.6 Å². The lowest BCUT2D eigenvalue weighted by atomic mass is 10.0. The van der Waals surface area contributed by atoms with Crippen molar-refractivity contribution in [3.05, 3.63) is 24.3 Å². The first-order valence-electron chi connectivity index (χ1n) is 23.0. The van der Waals surface area contributed by atoms with Gasteiger partial charge in [-0.1, -0.05) is 84.0 Å². The molecule has 356 valence electrons. The van der Waals surface area contributed by atoms with E-state index >= 15 is 0 Å². The number of carbonyl (C=O) groups is 2. The lowest BCUT2D eigenvalue weighted by Crippen LogP contribution is -2.15. The molecule has 61 heavy (non-hydrogen) atoms. The maximum absolute atomic E-state index is 11.9. The fourth-order valence-corrected chi connectivity index (χ4v) is 5.71. The Labute approximate surface area is 367 Å². The smallest absolute Gasteiger partial charge is 0.305 e. The van der Waals surface area contributed by atoms with Crippen molar-refractivity contribution >= 4 is 17.6 Å². The second-order valence-corrected chi connectivity index (χ2v) is 14.4. The second-order valence-electron chi connectivity index (χ2n) is 14.4. The molecule has 0 aliphatic heterocycles. The van der Waals surface area contributed by atoms with Crippen molar-refractivity contribution in [2.45, 2.75) is 104 Å². The summed E-state index contributed by atoms with van der Waals surface area (Å²) in [7, 11) is 0. The summed E-state index contributed by atoms with van der Waals surface area (Å²) >= 11 is 0. The van der Waals surface area contributed by atoms with E-state index in [0.717, 1.165) is 18.5 Å². The minimum absolute atomic E-state index is 0.110. The Kier molecular flexibility index (Phi) is 43.6. The van der Waals surface area contributed by atoms with Crippen molar-refractivity contribution in [1.82, 2.24) is 0 Å². The van der Waals surface area contributed by atoms with Gasteiger partial charge in [-0.05, 0) is 30.7 Å². The molecule has 0 radical (unpaired) electrons. The average Bonchev–Trinajstić information content (AvgIpc) is 3.25. The summed E-state index contributed by atoms with van der Waals surface area (Å²) < 4.78 is 65.9. The van der Waals surface area contributed by atoms with Gasteiger partial charge in [0.25, 0.3) is 0 Å². The van der Waals surface area contributed by atoms with Crippen LogP contribution in [0.3, 0.4) is 0 Å². The van der Waals surface area contributed by atoms with Crippen LogP contribution < -0.4 is 10.1 Å². The van der Waals surface area contributed by atoms with Crippen LogP contribution >= 0.6 is 0 Å². The van der Waals surface area contributed by atoms with Crippen molar-refractivity contribution in [2.75, 3.05) is 151 Å². The van der Waals surface area contributed by atoms with Crippen molar-refractivity contribution in [3.63, 3.8) is 0 Å². The highest BCUT2D eigenvalue weighted by atomic mass is 16.6. The highest BCUT2D eigenvalue weighted by Crippen LogP contribution is 2.16. The zero-order valence-electron chi connectivity index (χ0n) is 38.0. The monoisotopic (exact) mass is 874 g/mol. The van der Waals surface area contributed by atoms with Crippen LogP contribution in [0.4, 0.5) is 5.69 Å². The van der Waals surface area contributed by atoms with Gasteiger partial charge in [-0.3, -0.25) is 9.59 Å². The SMILES string of the molecule is CCCCCCCCCCCCCCCC(=O)OCCOCCOCCOCCOCCOCCOCCOCCOCCOCCOCCOc1ccc(NC(C)=O)cc1. The van der Waals surface area contributed by atoms with Crippen LogP contribution in [0.25, 0.3) is 0 Å². The quantitative estimate of drug-likeness (QED) is 0.0517. The van der Waals surface area contributed by atoms with Gasteiger partial charge >= 0.3 is 5.97 Å². The molecule has 15 heteroatoms. The molecule has 1 N–H and O–H groups in total. The third-order valence-electron chi connectivity index (χ3n) is 8.99. The molecular formula is C46H83NO14. The number of nitrogens with one attached hydrogen (secondary N) is 1. The maximum atomic E-state index is 11.9. The summed E-state index contributed by atoms with van der Waals surface area (Å²) in [5.41, 5.74) is 0.730. The molecule has 1 amide bonds. The molecule has 0 bridgehead atoms. The largest absolute Gasteiger partial charge is 0.491 e. The standard InChI is InChI=1S/C46H83NO14/c1-3-4-5-6-7-8-9-10-11-12-13-14-15-16-46(49)61-42-40-59-38-36-57-34-32-55-30-28-53-26-24-51-22-21-50-23-25-52-27-29-54-31-33-56-35-37-58-39-41-60-45-19-17-44(18-20-45)47-43(2)48/h17-20H,3-16,21-42H2,1-2H3,(H,47,48). The first kappa shape index (κ1) is 56.6. The van der Waals surface area contributed by atoms with E-state index in [1.54, 1.807) is 24.3 Å². The van der Waals surface area contributed by atoms with Crippen LogP contribution in [0.15, 0.2) is 24.3 Å². The summed E-state index contributed by atoms with van der Waals surface area (Å²) in [6.45, 7) is 14.0. The van der Waals surface area contributed by atoms with Crippen LogP contribution in [-0.4, -0.2) is 157 Å². The Balaban J connectivity index is 1.65. The topological polar surface area (TPSA) is 157 Å². The lowest BCUT2D eigenvalue weighted by molar-refractivity contribution is -0.145. The second kappa shape index (κ2) is 47.0. The molecule has 0 aliphatic carbocycles. The Morgan fingerprint density at radius 2 is 0.689 bits per heavy atom. The molecule has 0 unspecified atom stereocenters. The van der Waals surface area contributed by atoms with E-state index in [2.05, 4.69) is 12.2 Å². The first-order valence-corrected chi connectivity index (χ1v) is 23.0. The Morgan fingerprint density at radius 3 is 1.02 bits per heavy atom. The van der Waals surface area contributed by atoms with Crippen LogP contribution in [-0.2, 0) is 61.7 Å². The Hall–Kier alpha value is -2.44. The number of hydrogen-bond acceptors (Lipinski definition) is 14. The third-order valence-corrected chi connectivity index (χ3v) is 8.99. The summed E-state index contributed by atoms with van der Waals surface area (Å²) in [6, 6.07) is 7.18. The van der Waals surface area contributed by atoms with Crippen molar-refractivity contribution in [3.8, 4) is 5.75 Å². The van der Waals surface area contributed by atoms with Crippen molar-refractivity contribution in [2.24, 2.45) is 0 Å². The van der Waals surface area contributed by atoms with Gasteiger partial charge in [0.05, 0.1) is 132 Å². The molecule has 0 atom stereocenters. The molecule has 15 nitrogen and oxygen atoms in total. The summed E-state index contributed by atoms with van der Waals surface area (Å²) in [4.78, 5) is 23.0. The highest BCUT2D eigenvalue weighted by Gasteiger charge is 2.03. The van der Waals surface area contributed by atoms with E-state index in [1.807, 2.05) is 0 Å². The van der Waals surface area contributed by atoms with Crippen molar-refractivity contribution < 1.29 is 66.4 Å². The number of unbranched alkanes of at least 4 members (excludes halogenated alkanes) is 12. The predicted octanol–water partition coefficient (Wildman–Crippen LogP) is 7.21. The van der Waals surface area contributed by atoms with Gasteiger partial charge in [0, 0.05) is 19.0 Å². The molecule has 1 aromatic rings. The molecule has 0 aromatic heterocycles. The average molecular weight is 874 g/mol. The summed E-state index contributed by atoms with van der Waals surface area (Å²) in [5.74, 6) is 0.469. The number of amides is 1. The Bertz CT molecular complexity index is 1070. The van der Waals surface area contributed by atoms with Gasteiger partial charge in [0.1, 0.15) is 19.0 Å². The molecule has 0 fully saturated rings. The highest BCUT2D eigenvalue weighted by molar-refractivity contribution is 5.88. The molecule has 0 saturated heterocycles. The van der Waals surface area contributed by atoms with E-state index < -0.39 is 0 Å². The minimum Gasteiger partial charge on any atom is -0.491 e. The maximum Gasteiger partial charge on any atom is 0.305 e. The molecule has 0 spiro atoms. The van der Waals surface area contributed by atoms with E-state index in [9.17, 15) is 9.59 Å². The van der Waals surface area contributed by atoms with E-state index in [-0.39, 0.29) is 18.5 Å². The minimum atomic E-state index is -0.136. The zero-order chi connectivity index (χ0) is 43.8. The number of esters is 1. The molecule has 0 aliphatic rings. The van der Waals surface area contributed by atoms with Gasteiger partial charge < -0.3 is 62.2 Å². The molecule has 0 heterocycles. The van der Waals surface area contributed by atoms with E-state index in [4.69, 9.17) is 56.8 Å². The first-order chi connectivity index (χ1) is 30.1. The summed E-state index contributed by atoms with van der Waals surface area (Å²) in [5, 5.41) is 2.71. The van der Waals surface area contributed by atoms with Gasteiger partial charge in [-0.2, -0.15) is 0 Å². The zero-order valence-corrected chi connectivity index (χ0v) is 38.0. The predicted molar refractivity (Wildman–Crippen MR) is 236 cm³/mol. The number of ether oxygens (including phenoxy) is 12. The lowest BCUT2D eigenvalue weighted by Gasteiger charge is -2.09. The molecular weight excluding hydrogens is 790 g/mol. The van der Waals surface area contributed by atoms with Crippen LogP contribution in [0, 0.1) is 0 Å². The fourth-order valence-electron chi connectivity index (χ4n) is 5.71. The van der Waals surface area contributed by atoms with Gasteiger partial charge in [0.15, 0.2) is 0 Å². The molecule has 1 aromatic carbocycles. The normalized spacial score (nSPS) is 11.3. The third kappa shape index (κ3) is 44.0. The van der Waals surface area contributed by atoms with Crippen LogP contribution in [0.1, 0.15) is 104 Å². The van der Waals surface area contributed by atoms with Crippen LogP contribution in [0.2, 0.25) is 0 Å². The number of hydrogen-bond donors (Lipinski definition) is 1. The van der Waals surface area contributed by atoms with Gasteiger partial charge in [-0.25, -0.2) is 0 Å². The fraction of sp³-hybridized carbons (Fsp3) is 0.826. The number of rotatable bonds is 49. The number of carbonyl (C=O) groups excluding carboxylic acids is 2. The summed E-state index contributed by atoms with van der Waals surface area (Å²) in [6.07, 6.45) is 17.3. The molecule has 0 saturated carbocycles. The molecule has 1 rings (SSSR count). The van der Waals surface area contributed by atoms with Gasteiger partial charge in [-0.15, -0.1) is 0 Å². The van der Waals surface area contributed by atoms with Crippen molar-refractivity contribution in [1.29, 1.82) is 0 Å². The van der Waals surface area contributed by atoms with Gasteiger partial charge in [0.2, 0.25) is 5.91 Å². The number of anilines is 1. The Morgan fingerprint density at radius 1 is 0.393 bits per heavy atom. The number of benzene rings is 1. The van der Waals surface area contributed by atoms with Crippen LogP contribution in [0.5, 0.6) is 5.75 Å².